The van der Waals surface area contributed by atoms with Crippen LogP contribution in [-0.4, -0.2) is 29.6 Å². The summed E-state index contributed by atoms with van der Waals surface area (Å²) in [5.74, 6) is 0.842. The molecule has 3 heteroatoms. The highest BCUT2D eigenvalue weighted by atomic mass is 32.1. The molecule has 0 aliphatic carbocycles. The van der Waals surface area contributed by atoms with E-state index in [4.69, 9.17) is 0 Å². The summed E-state index contributed by atoms with van der Waals surface area (Å²) in [6.07, 6.45) is 0.911. The lowest BCUT2D eigenvalue weighted by Gasteiger charge is -2.19. The Morgan fingerprint density at radius 3 is 2.47 bits per heavy atom. The molecule has 0 bridgehead atoms. The fourth-order valence-electron chi connectivity index (χ4n) is 1.46. The summed E-state index contributed by atoms with van der Waals surface area (Å²) >= 11 is 4.14. The van der Waals surface area contributed by atoms with Crippen LogP contribution >= 0.6 is 12.6 Å². The van der Waals surface area contributed by atoms with Crippen molar-refractivity contribution in [3.05, 3.63) is 35.9 Å². The van der Waals surface area contributed by atoms with Gasteiger partial charge in [-0.05, 0) is 12.0 Å². The van der Waals surface area contributed by atoms with Gasteiger partial charge in [-0.2, -0.15) is 12.6 Å². The van der Waals surface area contributed by atoms with Crippen molar-refractivity contribution in [2.24, 2.45) is 0 Å². The molecule has 0 radical (unpaired) electrons. The number of rotatable bonds is 5. The Morgan fingerprint density at radius 2 is 1.93 bits per heavy atom. The monoisotopic (exact) mass is 223 g/mol. The minimum atomic E-state index is 0.125. The molecule has 0 spiro atoms. The number of carbonyl (C=O) groups is 1. The van der Waals surface area contributed by atoms with Gasteiger partial charge in [0.05, 0.1) is 0 Å². The molecule has 1 rings (SSSR count). The quantitative estimate of drug-likeness (QED) is 0.757. The average Bonchev–Trinajstić information content (AvgIpc) is 2.25. The lowest BCUT2D eigenvalue weighted by Crippen LogP contribution is -2.32. The van der Waals surface area contributed by atoms with Crippen molar-refractivity contribution in [3.8, 4) is 0 Å². The largest absolute Gasteiger partial charge is 0.342 e. The minimum absolute atomic E-state index is 0.125. The predicted octanol–water partition coefficient (Wildman–Crippen LogP) is 2.01. The van der Waals surface area contributed by atoms with Crippen molar-refractivity contribution >= 4 is 18.5 Å². The molecule has 0 aliphatic heterocycles. The Hall–Kier alpha value is -0.960. The second-order valence-electron chi connectivity index (χ2n) is 3.47. The highest BCUT2D eigenvalue weighted by Gasteiger charge is 2.06. The number of benzene rings is 1. The first-order valence-electron chi connectivity index (χ1n) is 5.14. The standard InChI is InChI=1S/C12H17NOS/c1-11(14)13(9-10-15)8-7-12-5-3-2-4-6-12/h2-6,15H,7-10H2,1H3. The van der Waals surface area contributed by atoms with Gasteiger partial charge in [-0.3, -0.25) is 4.79 Å². The zero-order valence-corrected chi connectivity index (χ0v) is 9.91. The van der Waals surface area contributed by atoms with E-state index in [0.29, 0.717) is 5.75 Å². The molecule has 0 N–H and O–H groups in total. The molecule has 1 aromatic rings. The van der Waals surface area contributed by atoms with E-state index in [-0.39, 0.29) is 5.91 Å². The summed E-state index contributed by atoms with van der Waals surface area (Å²) in [6.45, 7) is 3.11. The second kappa shape index (κ2) is 6.51. The SMILES string of the molecule is CC(=O)N(CCS)CCc1ccccc1. The summed E-state index contributed by atoms with van der Waals surface area (Å²) in [5.41, 5.74) is 1.27. The minimum Gasteiger partial charge on any atom is -0.342 e. The molecule has 0 unspecified atom stereocenters. The third kappa shape index (κ3) is 4.38. The number of amides is 1. The Labute approximate surface area is 96.7 Å². The lowest BCUT2D eigenvalue weighted by molar-refractivity contribution is -0.128. The average molecular weight is 223 g/mol. The van der Waals surface area contributed by atoms with Crippen LogP contribution in [0.25, 0.3) is 0 Å². The smallest absolute Gasteiger partial charge is 0.219 e. The van der Waals surface area contributed by atoms with Crippen LogP contribution in [0.5, 0.6) is 0 Å². The number of thiol groups is 1. The van der Waals surface area contributed by atoms with E-state index < -0.39 is 0 Å². The molecule has 0 saturated heterocycles. The lowest BCUT2D eigenvalue weighted by atomic mass is 10.1. The molecule has 1 amide bonds. The van der Waals surface area contributed by atoms with E-state index in [9.17, 15) is 4.79 Å². The van der Waals surface area contributed by atoms with E-state index in [1.165, 1.54) is 5.56 Å². The van der Waals surface area contributed by atoms with Crippen molar-refractivity contribution in [1.82, 2.24) is 4.90 Å². The summed E-state index contributed by atoms with van der Waals surface area (Å²) < 4.78 is 0. The Bertz CT molecular complexity index is 300. The van der Waals surface area contributed by atoms with E-state index in [2.05, 4.69) is 24.8 Å². The van der Waals surface area contributed by atoms with Crippen molar-refractivity contribution < 1.29 is 4.79 Å². The Balaban J connectivity index is 2.43. The van der Waals surface area contributed by atoms with Crippen molar-refractivity contribution in [2.75, 3.05) is 18.8 Å². The van der Waals surface area contributed by atoms with Crippen LogP contribution in [0, 0.1) is 0 Å². The molecule has 15 heavy (non-hydrogen) atoms. The van der Waals surface area contributed by atoms with Gasteiger partial charge in [-0.1, -0.05) is 30.3 Å². The van der Waals surface area contributed by atoms with Crippen LogP contribution in [0.2, 0.25) is 0 Å². The fraction of sp³-hybridized carbons (Fsp3) is 0.417. The molecule has 0 atom stereocenters. The molecular formula is C12H17NOS. The van der Waals surface area contributed by atoms with E-state index in [1.807, 2.05) is 23.1 Å². The predicted molar refractivity (Wildman–Crippen MR) is 66.3 cm³/mol. The first-order valence-corrected chi connectivity index (χ1v) is 5.77. The van der Waals surface area contributed by atoms with Crippen molar-refractivity contribution in [2.45, 2.75) is 13.3 Å². The van der Waals surface area contributed by atoms with Crippen LogP contribution in [0.4, 0.5) is 0 Å². The Kier molecular flexibility index (Phi) is 5.26. The van der Waals surface area contributed by atoms with Crippen LogP contribution in [0.3, 0.4) is 0 Å². The molecule has 0 aromatic heterocycles. The van der Waals surface area contributed by atoms with Gasteiger partial charge in [-0.25, -0.2) is 0 Å². The molecule has 0 saturated carbocycles. The van der Waals surface area contributed by atoms with Crippen LogP contribution < -0.4 is 0 Å². The number of nitrogens with zero attached hydrogens (tertiary/aromatic N) is 1. The van der Waals surface area contributed by atoms with Gasteiger partial charge in [0.2, 0.25) is 5.91 Å². The van der Waals surface area contributed by atoms with Gasteiger partial charge in [0.15, 0.2) is 0 Å². The Morgan fingerprint density at radius 1 is 1.27 bits per heavy atom. The van der Waals surface area contributed by atoms with Gasteiger partial charge >= 0.3 is 0 Å². The molecule has 0 aliphatic rings. The third-order valence-electron chi connectivity index (χ3n) is 2.33. The number of hydrogen-bond donors (Lipinski definition) is 1. The third-order valence-corrected chi connectivity index (χ3v) is 2.53. The van der Waals surface area contributed by atoms with E-state index >= 15 is 0 Å². The van der Waals surface area contributed by atoms with E-state index in [0.717, 1.165) is 19.5 Å². The second-order valence-corrected chi connectivity index (χ2v) is 3.91. The summed E-state index contributed by atoms with van der Waals surface area (Å²) in [5, 5.41) is 0. The van der Waals surface area contributed by atoms with Gasteiger partial charge in [0.25, 0.3) is 0 Å². The van der Waals surface area contributed by atoms with Gasteiger partial charge in [-0.15, -0.1) is 0 Å². The molecule has 2 nitrogen and oxygen atoms in total. The van der Waals surface area contributed by atoms with Crippen molar-refractivity contribution in [1.29, 1.82) is 0 Å². The maximum atomic E-state index is 11.2. The number of hydrogen-bond acceptors (Lipinski definition) is 2. The van der Waals surface area contributed by atoms with Gasteiger partial charge < -0.3 is 4.90 Å². The molecule has 0 fully saturated rings. The molecule has 82 valence electrons. The first-order chi connectivity index (χ1) is 7.24. The molecular weight excluding hydrogens is 206 g/mol. The van der Waals surface area contributed by atoms with Crippen molar-refractivity contribution in [3.63, 3.8) is 0 Å². The molecule has 0 heterocycles. The maximum absolute atomic E-state index is 11.2. The van der Waals surface area contributed by atoms with E-state index in [1.54, 1.807) is 6.92 Å². The highest BCUT2D eigenvalue weighted by molar-refractivity contribution is 7.80. The zero-order chi connectivity index (χ0) is 11.1. The topological polar surface area (TPSA) is 20.3 Å². The fourth-order valence-corrected chi connectivity index (χ4v) is 1.70. The molecule has 1 aromatic carbocycles. The van der Waals surface area contributed by atoms with Gasteiger partial charge in [0.1, 0.15) is 0 Å². The highest BCUT2D eigenvalue weighted by Crippen LogP contribution is 2.02. The van der Waals surface area contributed by atoms with Gasteiger partial charge in [0, 0.05) is 25.8 Å². The summed E-state index contributed by atoms with van der Waals surface area (Å²) in [7, 11) is 0. The number of carbonyl (C=O) groups excluding carboxylic acids is 1. The summed E-state index contributed by atoms with van der Waals surface area (Å²) in [6, 6.07) is 10.2. The zero-order valence-electron chi connectivity index (χ0n) is 9.02. The normalized spacial score (nSPS) is 10.0. The first kappa shape index (κ1) is 12.1. The van der Waals surface area contributed by atoms with Crippen LogP contribution in [0.15, 0.2) is 30.3 Å². The summed E-state index contributed by atoms with van der Waals surface area (Å²) in [4.78, 5) is 13.1. The maximum Gasteiger partial charge on any atom is 0.219 e. The van der Waals surface area contributed by atoms with Crippen LogP contribution in [0.1, 0.15) is 12.5 Å². The van der Waals surface area contributed by atoms with Crippen LogP contribution in [-0.2, 0) is 11.2 Å².